The summed E-state index contributed by atoms with van der Waals surface area (Å²) in [6.07, 6.45) is 1.50. The molecule has 0 bridgehead atoms. The van der Waals surface area contributed by atoms with Crippen LogP contribution >= 0.6 is 0 Å². The number of fused-ring (bicyclic) bond motifs is 1. The molecule has 0 saturated carbocycles. The Labute approximate surface area is 146 Å². The van der Waals surface area contributed by atoms with E-state index in [1.165, 1.54) is 0 Å². The summed E-state index contributed by atoms with van der Waals surface area (Å²) in [7, 11) is 0. The molecule has 1 saturated heterocycles. The molecule has 1 fully saturated rings. The van der Waals surface area contributed by atoms with E-state index in [0.29, 0.717) is 18.7 Å². The molecule has 3 rings (SSSR count). The lowest BCUT2D eigenvalue weighted by atomic mass is 9.79. The molecule has 25 heavy (non-hydrogen) atoms. The number of benzene rings is 1. The Balaban J connectivity index is 1.83. The van der Waals surface area contributed by atoms with Crippen molar-refractivity contribution in [2.75, 3.05) is 30.0 Å². The maximum atomic E-state index is 12.7. The lowest BCUT2D eigenvalue weighted by molar-refractivity contribution is -0.160. The lowest BCUT2D eigenvalue weighted by Crippen LogP contribution is -2.47. The number of carbonyl (C=O) groups excluding carboxylic acids is 2. The molecule has 0 aliphatic carbocycles. The van der Waals surface area contributed by atoms with Crippen molar-refractivity contribution in [3.8, 4) is 0 Å². The highest BCUT2D eigenvalue weighted by atomic mass is 16.5. The number of carboxylic acids is 1. The summed E-state index contributed by atoms with van der Waals surface area (Å²) in [6.45, 7) is 2.95. The van der Waals surface area contributed by atoms with Gasteiger partial charge in [0.1, 0.15) is 0 Å². The molecular formula is C18H22N2O5. The summed E-state index contributed by atoms with van der Waals surface area (Å²) in [5.41, 5.74) is 0.891. The lowest BCUT2D eigenvalue weighted by Gasteiger charge is -2.31. The van der Waals surface area contributed by atoms with Gasteiger partial charge in [-0.2, -0.15) is 0 Å². The number of aliphatic carboxylic acids is 1. The minimum atomic E-state index is -1.46. The third kappa shape index (κ3) is 3.11. The molecule has 0 unspecified atom stereocenters. The van der Waals surface area contributed by atoms with Crippen LogP contribution in [0.2, 0.25) is 0 Å². The average Bonchev–Trinajstić information content (AvgIpc) is 3.04. The second kappa shape index (κ2) is 6.84. The monoisotopic (exact) mass is 346 g/mol. The number of carboxylic acid groups (broad SMARTS) is 1. The second-order valence-electron chi connectivity index (χ2n) is 6.45. The van der Waals surface area contributed by atoms with Crippen molar-refractivity contribution < 1.29 is 24.2 Å². The van der Waals surface area contributed by atoms with Gasteiger partial charge >= 0.3 is 5.97 Å². The number of hydrogen-bond donors (Lipinski definition) is 2. The minimum Gasteiger partial charge on any atom is -0.480 e. The summed E-state index contributed by atoms with van der Waals surface area (Å²) in [5.74, 6) is -1.62. The molecule has 2 aliphatic heterocycles. The second-order valence-corrected chi connectivity index (χ2v) is 6.45. The first-order chi connectivity index (χ1) is 12.0. The van der Waals surface area contributed by atoms with E-state index < -0.39 is 17.3 Å². The number of nitrogens with zero attached hydrogens (tertiary/aromatic N) is 1. The van der Waals surface area contributed by atoms with Gasteiger partial charge in [-0.3, -0.25) is 14.4 Å². The van der Waals surface area contributed by atoms with Crippen molar-refractivity contribution in [3.05, 3.63) is 23.8 Å². The van der Waals surface area contributed by atoms with E-state index in [9.17, 15) is 19.5 Å². The zero-order chi connectivity index (χ0) is 18.0. The van der Waals surface area contributed by atoms with Gasteiger partial charge in [-0.15, -0.1) is 0 Å². The van der Waals surface area contributed by atoms with Crippen LogP contribution in [0.5, 0.6) is 0 Å². The van der Waals surface area contributed by atoms with Gasteiger partial charge in [0.05, 0.1) is 0 Å². The van der Waals surface area contributed by atoms with Gasteiger partial charge in [-0.1, -0.05) is 13.0 Å². The van der Waals surface area contributed by atoms with Crippen molar-refractivity contribution in [2.24, 2.45) is 5.41 Å². The maximum Gasteiger partial charge on any atom is 0.319 e. The minimum absolute atomic E-state index is 0.0358. The van der Waals surface area contributed by atoms with E-state index in [1.54, 1.807) is 17.0 Å². The van der Waals surface area contributed by atoms with Crippen molar-refractivity contribution in [1.82, 2.24) is 0 Å². The SMILES string of the molecule is CCC(=O)N1CCc2ccc(NC(=O)C3(C(=O)O)CCOCC3)cc21. The molecule has 7 heteroatoms. The molecule has 2 aliphatic rings. The van der Waals surface area contributed by atoms with E-state index in [-0.39, 0.29) is 32.0 Å². The first-order valence-corrected chi connectivity index (χ1v) is 8.54. The Morgan fingerprint density at radius 1 is 1.28 bits per heavy atom. The average molecular weight is 346 g/mol. The largest absolute Gasteiger partial charge is 0.480 e. The zero-order valence-electron chi connectivity index (χ0n) is 14.2. The van der Waals surface area contributed by atoms with Crippen molar-refractivity contribution >= 4 is 29.2 Å². The van der Waals surface area contributed by atoms with Crippen LogP contribution in [0, 0.1) is 5.41 Å². The molecular weight excluding hydrogens is 324 g/mol. The van der Waals surface area contributed by atoms with E-state index in [4.69, 9.17) is 4.74 Å². The Kier molecular flexibility index (Phi) is 4.76. The number of carbonyl (C=O) groups is 3. The molecule has 134 valence electrons. The van der Waals surface area contributed by atoms with Gasteiger partial charge in [0, 0.05) is 37.6 Å². The van der Waals surface area contributed by atoms with Crippen LogP contribution in [0.25, 0.3) is 0 Å². The molecule has 2 heterocycles. The van der Waals surface area contributed by atoms with E-state index in [2.05, 4.69) is 5.32 Å². The Hall–Kier alpha value is -2.41. The number of ether oxygens (including phenoxy) is 1. The van der Waals surface area contributed by atoms with Gasteiger partial charge in [0.15, 0.2) is 5.41 Å². The molecule has 0 spiro atoms. The number of rotatable bonds is 4. The van der Waals surface area contributed by atoms with Gasteiger partial charge in [0.2, 0.25) is 11.8 Å². The predicted molar refractivity (Wildman–Crippen MR) is 91.5 cm³/mol. The first-order valence-electron chi connectivity index (χ1n) is 8.54. The molecule has 0 atom stereocenters. The van der Waals surface area contributed by atoms with Gasteiger partial charge < -0.3 is 20.1 Å². The number of nitrogens with one attached hydrogen (secondary N) is 1. The van der Waals surface area contributed by atoms with E-state index in [1.807, 2.05) is 13.0 Å². The number of hydrogen-bond acceptors (Lipinski definition) is 4. The Morgan fingerprint density at radius 3 is 2.64 bits per heavy atom. The normalized spacial score (nSPS) is 18.5. The van der Waals surface area contributed by atoms with Crippen LogP contribution < -0.4 is 10.2 Å². The topological polar surface area (TPSA) is 95.9 Å². The number of anilines is 2. The third-order valence-corrected chi connectivity index (χ3v) is 5.03. The highest BCUT2D eigenvalue weighted by molar-refractivity contribution is 6.08. The fourth-order valence-electron chi connectivity index (χ4n) is 3.42. The van der Waals surface area contributed by atoms with Crippen LogP contribution in [-0.2, 0) is 25.5 Å². The highest BCUT2D eigenvalue weighted by Crippen LogP contribution is 2.35. The summed E-state index contributed by atoms with van der Waals surface area (Å²) in [4.78, 5) is 38.1. The third-order valence-electron chi connectivity index (χ3n) is 5.03. The molecule has 0 aromatic heterocycles. The first kappa shape index (κ1) is 17.4. The summed E-state index contributed by atoms with van der Waals surface area (Å²) in [6, 6.07) is 5.39. The molecule has 1 aromatic rings. The number of amides is 2. The van der Waals surface area contributed by atoms with E-state index in [0.717, 1.165) is 17.7 Å². The van der Waals surface area contributed by atoms with Crippen LogP contribution in [-0.4, -0.2) is 42.6 Å². The van der Waals surface area contributed by atoms with Gasteiger partial charge in [-0.25, -0.2) is 0 Å². The summed E-state index contributed by atoms with van der Waals surface area (Å²) in [5, 5.41) is 12.3. The zero-order valence-corrected chi connectivity index (χ0v) is 14.2. The standard InChI is InChI=1S/C18H22N2O5/c1-2-15(21)20-8-5-12-3-4-13(11-14(12)20)19-16(22)18(17(23)24)6-9-25-10-7-18/h3-4,11H,2,5-10H2,1H3,(H,19,22)(H,23,24). The molecule has 1 aromatic carbocycles. The highest BCUT2D eigenvalue weighted by Gasteiger charge is 2.47. The molecule has 7 nitrogen and oxygen atoms in total. The molecule has 2 amide bonds. The van der Waals surface area contributed by atoms with Crippen molar-refractivity contribution in [3.63, 3.8) is 0 Å². The Morgan fingerprint density at radius 2 is 2.00 bits per heavy atom. The quantitative estimate of drug-likeness (QED) is 0.811. The molecule has 0 radical (unpaired) electrons. The van der Waals surface area contributed by atoms with Crippen LogP contribution in [0.3, 0.4) is 0 Å². The van der Waals surface area contributed by atoms with Crippen LogP contribution in [0.1, 0.15) is 31.7 Å². The fraction of sp³-hybridized carbons (Fsp3) is 0.500. The Bertz CT molecular complexity index is 709. The van der Waals surface area contributed by atoms with Gasteiger partial charge in [0.25, 0.3) is 0 Å². The summed E-state index contributed by atoms with van der Waals surface area (Å²) < 4.78 is 5.20. The fourth-order valence-corrected chi connectivity index (χ4v) is 3.42. The summed E-state index contributed by atoms with van der Waals surface area (Å²) >= 11 is 0. The van der Waals surface area contributed by atoms with Crippen LogP contribution in [0.4, 0.5) is 11.4 Å². The molecule has 2 N–H and O–H groups in total. The smallest absolute Gasteiger partial charge is 0.319 e. The predicted octanol–water partition coefficient (Wildman–Crippen LogP) is 1.81. The van der Waals surface area contributed by atoms with Crippen LogP contribution in [0.15, 0.2) is 18.2 Å². The van der Waals surface area contributed by atoms with Crippen molar-refractivity contribution in [1.29, 1.82) is 0 Å². The maximum absolute atomic E-state index is 12.7. The van der Waals surface area contributed by atoms with E-state index >= 15 is 0 Å². The van der Waals surface area contributed by atoms with Gasteiger partial charge in [-0.05, 0) is 37.0 Å². The van der Waals surface area contributed by atoms with Crippen molar-refractivity contribution in [2.45, 2.75) is 32.6 Å².